The summed E-state index contributed by atoms with van der Waals surface area (Å²) >= 11 is 11.4. The summed E-state index contributed by atoms with van der Waals surface area (Å²) in [6.45, 7) is 0.995. The summed E-state index contributed by atoms with van der Waals surface area (Å²) in [5.41, 5.74) is 2.19. The molecule has 1 N–H and O–H groups in total. The molecule has 0 radical (unpaired) electrons. The fourth-order valence-corrected chi connectivity index (χ4v) is 4.27. The van der Waals surface area contributed by atoms with Crippen LogP contribution in [0.3, 0.4) is 0 Å². The Kier molecular flexibility index (Phi) is 6.11. The van der Waals surface area contributed by atoms with Gasteiger partial charge in [-0.1, -0.05) is 41.9 Å². The number of H-pyrrole nitrogens is 1. The predicted octanol–water partition coefficient (Wildman–Crippen LogP) is 4.88. The highest BCUT2D eigenvalue weighted by Crippen LogP contribution is 2.24. The van der Waals surface area contributed by atoms with Crippen molar-refractivity contribution in [1.29, 1.82) is 0 Å². The molecule has 0 spiro atoms. The maximum absolute atomic E-state index is 13.1. The molecule has 0 aliphatic carbocycles. The van der Waals surface area contributed by atoms with Gasteiger partial charge in [-0.25, -0.2) is 0 Å². The maximum atomic E-state index is 13.1. The van der Waals surface area contributed by atoms with Gasteiger partial charge in [0, 0.05) is 23.2 Å². The highest BCUT2D eigenvalue weighted by molar-refractivity contribution is 7.71. The monoisotopic (exact) mass is 426 g/mol. The summed E-state index contributed by atoms with van der Waals surface area (Å²) < 4.78 is 2.22. The fourth-order valence-electron chi connectivity index (χ4n) is 3.95. The normalized spacial score (nSPS) is 16.3. The Morgan fingerprint density at radius 2 is 1.93 bits per heavy atom. The number of amides is 1. The smallest absolute Gasteiger partial charge is 0.242 e. The van der Waals surface area contributed by atoms with Gasteiger partial charge in [-0.05, 0) is 67.7 Å². The molecule has 29 heavy (non-hydrogen) atoms. The number of carbonyl (C=O) groups is 1. The van der Waals surface area contributed by atoms with Crippen molar-refractivity contribution in [2.75, 3.05) is 6.54 Å². The van der Waals surface area contributed by atoms with Crippen LogP contribution in [0.2, 0.25) is 5.02 Å². The zero-order valence-corrected chi connectivity index (χ0v) is 17.6. The topological polar surface area (TPSA) is 53.9 Å². The van der Waals surface area contributed by atoms with Gasteiger partial charge in [-0.15, -0.1) is 0 Å². The Labute approximate surface area is 180 Å². The second-order valence-electron chi connectivity index (χ2n) is 7.35. The lowest BCUT2D eigenvalue weighted by Crippen LogP contribution is -2.38. The second kappa shape index (κ2) is 8.93. The van der Waals surface area contributed by atoms with Gasteiger partial charge >= 0.3 is 0 Å². The number of rotatable bonds is 6. The van der Waals surface area contributed by atoms with Crippen molar-refractivity contribution in [2.24, 2.45) is 0 Å². The quantitative estimate of drug-likeness (QED) is 0.571. The molecule has 1 amide bonds. The van der Waals surface area contributed by atoms with Crippen LogP contribution in [0.4, 0.5) is 0 Å². The van der Waals surface area contributed by atoms with E-state index in [0.717, 1.165) is 37.8 Å². The van der Waals surface area contributed by atoms with E-state index in [4.69, 9.17) is 23.8 Å². The van der Waals surface area contributed by atoms with Crippen LogP contribution in [-0.2, 0) is 17.8 Å². The van der Waals surface area contributed by atoms with Gasteiger partial charge < -0.3 is 4.90 Å². The number of nitrogens with zero attached hydrogens (tertiary/aromatic N) is 3. The summed E-state index contributed by atoms with van der Waals surface area (Å²) in [4.78, 5) is 15.1. The van der Waals surface area contributed by atoms with Crippen molar-refractivity contribution >= 4 is 29.7 Å². The van der Waals surface area contributed by atoms with Gasteiger partial charge in [-0.3, -0.25) is 14.5 Å². The minimum Gasteiger partial charge on any atom is -0.338 e. The van der Waals surface area contributed by atoms with Crippen LogP contribution in [0.1, 0.15) is 24.8 Å². The maximum Gasteiger partial charge on any atom is 0.242 e. The zero-order valence-electron chi connectivity index (χ0n) is 16.1. The lowest BCUT2D eigenvalue weighted by molar-refractivity contribution is -0.132. The summed E-state index contributed by atoms with van der Waals surface area (Å²) in [6, 6.07) is 18.1. The molecular formula is C22H23ClN4OS. The molecule has 1 atom stereocenters. The lowest BCUT2D eigenvalue weighted by atomic mass is 10.0. The van der Waals surface area contributed by atoms with Crippen LogP contribution in [0.25, 0.3) is 11.4 Å². The number of aryl methyl sites for hydroxylation is 1. The number of hydrogen-bond donors (Lipinski definition) is 1. The molecule has 1 aliphatic heterocycles. The predicted molar refractivity (Wildman–Crippen MR) is 117 cm³/mol. The van der Waals surface area contributed by atoms with Gasteiger partial charge in [0.05, 0.1) is 0 Å². The SMILES string of the molecule is O=C(Cn1c(-c2ccc(Cl)cc2)n[nH]c1=S)N1CCCC1CCc1ccccc1. The zero-order chi connectivity index (χ0) is 20.2. The molecule has 0 saturated carbocycles. The van der Waals surface area contributed by atoms with E-state index < -0.39 is 0 Å². The number of likely N-dealkylation sites (tertiary alicyclic amines) is 1. The van der Waals surface area contributed by atoms with Crippen molar-refractivity contribution in [3.05, 3.63) is 70.0 Å². The Hall–Kier alpha value is -2.44. The highest BCUT2D eigenvalue weighted by atomic mass is 35.5. The second-order valence-corrected chi connectivity index (χ2v) is 8.18. The van der Waals surface area contributed by atoms with Gasteiger partial charge in [0.25, 0.3) is 0 Å². The first-order chi connectivity index (χ1) is 14.1. The number of aromatic nitrogens is 3. The molecule has 1 aromatic heterocycles. The van der Waals surface area contributed by atoms with E-state index in [0.29, 0.717) is 15.6 Å². The molecule has 5 nitrogen and oxygen atoms in total. The number of hydrogen-bond acceptors (Lipinski definition) is 3. The number of nitrogens with one attached hydrogen (secondary N) is 1. The first-order valence-corrected chi connectivity index (χ1v) is 10.6. The lowest BCUT2D eigenvalue weighted by Gasteiger charge is -2.25. The van der Waals surface area contributed by atoms with Crippen LogP contribution < -0.4 is 0 Å². The van der Waals surface area contributed by atoms with Crippen LogP contribution in [0.5, 0.6) is 0 Å². The van der Waals surface area contributed by atoms with E-state index in [1.165, 1.54) is 5.56 Å². The van der Waals surface area contributed by atoms with E-state index in [9.17, 15) is 4.79 Å². The first kappa shape index (κ1) is 19.9. The molecule has 4 rings (SSSR count). The highest BCUT2D eigenvalue weighted by Gasteiger charge is 2.29. The molecule has 150 valence electrons. The average Bonchev–Trinajstić information content (AvgIpc) is 3.35. The molecular weight excluding hydrogens is 404 g/mol. The Morgan fingerprint density at radius 1 is 1.17 bits per heavy atom. The van der Waals surface area contributed by atoms with Crippen molar-refractivity contribution in [3.63, 3.8) is 0 Å². The Balaban J connectivity index is 1.47. The third-order valence-electron chi connectivity index (χ3n) is 5.46. The van der Waals surface area contributed by atoms with Crippen molar-refractivity contribution in [1.82, 2.24) is 19.7 Å². The van der Waals surface area contributed by atoms with Crippen molar-refractivity contribution < 1.29 is 4.79 Å². The van der Waals surface area contributed by atoms with E-state index in [1.807, 2.05) is 23.1 Å². The van der Waals surface area contributed by atoms with Gasteiger partial charge in [0.2, 0.25) is 5.91 Å². The largest absolute Gasteiger partial charge is 0.338 e. The average molecular weight is 427 g/mol. The fraction of sp³-hybridized carbons (Fsp3) is 0.318. The van der Waals surface area contributed by atoms with Crippen LogP contribution in [0, 0.1) is 4.77 Å². The number of carbonyl (C=O) groups excluding carboxylic acids is 1. The van der Waals surface area contributed by atoms with E-state index in [2.05, 4.69) is 34.5 Å². The van der Waals surface area contributed by atoms with E-state index in [1.54, 1.807) is 16.7 Å². The summed E-state index contributed by atoms with van der Waals surface area (Å²) in [7, 11) is 0. The van der Waals surface area contributed by atoms with E-state index in [-0.39, 0.29) is 18.5 Å². The third-order valence-corrected chi connectivity index (χ3v) is 6.02. The van der Waals surface area contributed by atoms with Crippen LogP contribution in [0.15, 0.2) is 54.6 Å². The third kappa shape index (κ3) is 4.60. The molecule has 7 heteroatoms. The molecule has 1 saturated heterocycles. The van der Waals surface area contributed by atoms with E-state index >= 15 is 0 Å². The number of benzene rings is 2. The molecule has 0 bridgehead atoms. The summed E-state index contributed by atoms with van der Waals surface area (Å²) in [5, 5.41) is 7.79. The number of halogens is 1. The standard InChI is InChI=1S/C22H23ClN4OS/c23-18-11-9-17(10-12-18)21-24-25-22(29)27(21)15-20(28)26-14-4-7-19(26)13-8-16-5-2-1-3-6-16/h1-3,5-6,9-12,19H,4,7-8,13-15H2,(H,25,29). The van der Waals surface area contributed by atoms with Gasteiger partial charge in [-0.2, -0.15) is 5.10 Å². The Bertz CT molecular complexity index is 1030. The van der Waals surface area contributed by atoms with Gasteiger partial charge in [0.1, 0.15) is 6.54 Å². The molecule has 1 unspecified atom stereocenters. The number of aromatic amines is 1. The summed E-state index contributed by atoms with van der Waals surface area (Å²) in [6.07, 6.45) is 4.07. The molecule has 1 aliphatic rings. The van der Waals surface area contributed by atoms with Crippen molar-refractivity contribution in [2.45, 2.75) is 38.3 Å². The van der Waals surface area contributed by atoms with Crippen molar-refractivity contribution in [3.8, 4) is 11.4 Å². The molecule has 2 aromatic carbocycles. The molecule has 2 heterocycles. The van der Waals surface area contributed by atoms with Crippen LogP contribution >= 0.6 is 23.8 Å². The van der Waals surface area contributed by atoms with Crippen LogP contribution in [-0.4, -0.2) is 38.2 Å². The van der Waals surface area contributed by atoms with Gasteiger partial charge in [0.15, 0.2) is 10.6 Å². The summed E-state index contributed by atoms with van der Waals surface area (Å²) in [5.74, 6) is 0.744. The molecule has 3 aromatic rings. The Morgan fingerprint density at radius 3 is 2.69 bits per heavy atom. The minimum atomic E-state index is 0.0910. The molecule has 1 fully saturated rings. The first-order valence-electron chi connectivity index (χ1n) is 9.86. The minimum absolute atomic E-state index is 0.0910.